The summed E-state index contributed by atoms with van der Waals surface area (Å²) in [7, 11) is 0. The normalized spacial score (nSPS) is 10.2. The lowest BCUT2D eigenvalue weighted by atomic mass is 10.0. The zero-order valence-corrected chi connectivity index (χ0v) is 12.8. The Kier molecular flexibility index (Phi) is 5.17. The molecule has 4 heteroatoms. The number of hydrogen-bond acceptors (Lipinski definition) is 4. The summed E-state index contributed by atoms with van der Waals surface area (Å²) in [6.45, 7) is 3.23. The van der Waals surface area contributed by atoms with Crippen LogP contribution in [0.15, 0.2) is 47.4 Å². The molecule has 2 aromatic carbocycles. The third kappa shape index (κ3) is 3.95. The van der Waals surface area contributed by atoms with Gasteiger partial charge >= 0.3 is 5.97 Å². The van der Waals surface area contributed by atoms with Crippen LogP contribution in [0, 0.1) is 6.92 Å². The van der Waals surface area contributed by atoms with Crippen molar-refractivity contribution >= 4 is 24.0 Å². The van der Waals surface area contributed by atoms with E-state index in [1.165, 1.54) is 6.92 Å². The van der Waals surface area contributed by atoms with E-state index >= 15 is 0 Å². The molecule has 0 N–H and O–H groups in total. The minimum Gasteiger partial charge on any atom is -0.426 e. The maximum atomic E-state index is 11.2. The van der Waals surface area contributed by atoms with Gasteiger partial charge in [-0.25, -0.2) is 0 Å². The minimum absolute atomic E-state index is 0.362. The third-order valence-electron chi connectivity index (χ3n) is 3.09. The van der Waals surface area contributed by atoms with Gasteiger partial charge in [-0.15, -0.1) is 11.8 Å². The molecule has 3 nitrogen and oxygen atoms in total. The fourth-order valence-electron chi connectivity index (χ4n) is 2.00. The monoisotopic (exact) mass is 300 g/mol. The highest BCUT2D eigenvalue weighted by Gasteiger charge is 2.12. The van der Waals surface area contributed by atoms with E-state index in [0.29, 0.717) is 17.1 Å². The van der Waals surface area contributed by atoms with Crippen molar-refractivity contribution in [2.45, 2.75) is 24.5 Å². The molecule has 0 radical (unpaired) electrons. The van der Waals surface area contributed by atoms with Crippen molar-refractivity contribution in [2.24, 2.45) is 0 Å². The molecule has 2 rings (SSSR count). The van der Waals surface area contributed by atoms with E-state index in [-0.39, 0.29) is 5.97 Å². The Labute approximate surface area is 128 Å². The molecule has 0 bridgehead atoms. The van der Waals surface area contributed by atoms with Gasteiger partial charge < -0.3 is 4.74 Å². The van der Waals surface area contributed by atoms with Crippen LogP contribution < -0.4 is 4.74 Å². The van der Waals surface area contributed by atoms with Crippen molar-refractivity contribution in [1.82, 2.24) is 0 Å². The lowest BCUT2D eigenvalue weighted by Crippen LogP contribution is -2.05. The molecule has 0 heterocycles. The number of hydrogen-bond donors (Lipinski definition) is 0. The quantitative estimate of drug-likeness (QED) is 0.362. The van der Waals surface area contributed by atoms with Crippen molar-refractivity contribution in [3.8, 4) is 5.75 Å². The summed E-state index contributed by atoms with van der Waals surface area (Å²) in [5.74, 6) is 0.800. The lowest BCUT2D eigenvalue weighted by molar-refractivity contribution is -0.131. The van der Waals surface area contributed by atoms with Gasteiger partial charge in [-0.1, -0.05) is 18.2 Å². The predicted octanol–water partition coefficient (Wildman–Crippen LogP) is 4.03. The van der Waals surface area contributed by atoms with Gasteiger partial charge in [0.2, 0.25) is 0 Å². The molecule has 0 saturated heterocycles. The molecule has 0 amide bonds. The summed E-state index contributed by atoms with van der Waals surface area (Å²) < 4.78 is 5.17. The van der Waals surface area contributed by atoms with Gasteiger partial charge in [0.25, 0.3) is 0 Å². The number of ether oxygens (including phenoxy) is 1. The van der Waals surface area contributed by atoms with Gasteiger partial charge in [-0.3, -0.25) is 9.59 Å². The molecular formula is C17H16O3S. The van der Waals surface area contributed by atoms with Crippen LogP contribution >= 0.6 is 11.8 Å². The largest absolute Gasteiger partial charge is 0.426 e. The van der Waals surface area contributed by atoms with Crippen LogP contribution in [0.1, 0.15) is 28.4 Å². The zero-order chi connectivity index (χ0) is 15.2. The van der Waals surface area contributed by atoms with Crippen molar-refractivity contribution < 1.29 is 14.3 Å². The highest BCUT2D eigenvalue weighted by Crippen LogP contribution is 2.30. The Morgan fingerprint density at radius 2 is 1.90 bits per heavy atom. The number of aldehydes is 1. The molecule has 0 aliphatic heterocycles. The molecular weight excluding hydrogens is 284 g/mol. The SMILES string of the molecule is CC(=O)Oc1ccc(C=O)c(CSc2ccccc2)c1C. The number of thioether (sulfide) groups is 1. The van der Waals surface area contributed by atoms with Crippen LogP contribution in [0.4, 0.5) is 0 Å². The molecule has 0 atom stereocenters. The summed E-state index contributed by atoms with van der Waals surface area (Å²) in [5, 5.41) is 0. The average molecular weight is 300 g/mol. The van der Waals surface area contributed by atoms with E-state index in [0.717, 1.165) is 22.3 Å². The molecule has 0 aliphatic carbocycles. The third-order valence-corrected chi connectivity index (χ3v) is 4.13. The maximum absolute atomic E-state index is 11.2. The van der Waals surface area contributed by atoms with Crippen molar-refractivity contribution in [2.75, 3.05) is 0 Å². The number of carbonyl (C=O) groups excluding carboxylic acids is 2. The van der Waals surface area contributed by atoms with Crippen LogP contribution in [0.5, 0.6) is 5.75 Å². The summed E-state index contributed by atoms with van der Waals surface area (Å²) in [5.41, 5.74) is 2.36. The van der Waals surface area contributed by atoms with Gasteiger partial charge in [0.05, 0.1) is 0 Å². The highest BCUT2D eigenvalue weighted by atomic mass is 32.2. The van der Waals surface area contributed by atoms with E-state index in [1.54, 1.807) is 23.9 Å². The number of carbonyl (C=O) groups is 2. The second kappa shape index (κ2) is 7.09. The molecule has 21 heavy (non-hydrogen) atoms. The second-order valence-electron chi connectivity index (χ2n) is 4.57. The van der Waals surface area contributed by atoms with Gasteiger partial charge in [0.1, 0.15) is 12.0 Å². The first-order chi connectivity index (χ1) is 10.1. The predicted molar refractivity (Wildman–Crippen MR) is 83.9 cm³/mol. The Balaban J connectivity index is 2.27. The standard InChI is InChI=1S/C17H16O3S/c1-12-16(11-21-15-6-4-3-5-7-15)14(10-18)8-9-17(12)20-13(2)19/h3-10H,11H2,1-2H3. The van der Waals surface area contributed by atoms with Crippen LogP contribution in [-0.2, 0) is 10.5 Å². The van der Waals surface area contributed by atoms with Gasteiger partial charge in [0, 0.05) is 23.1 Å². The zero-order valence-electron chi connectivity index (χ0n) is 12.0. The van der Waals surface area contributed by atoms with Gasteiger partial charge in [-0.2, -0.15) is 0 Å². The smallest absolute Gasteiger partial charge is 0.308 e. The highest BCUT2D eigenvalue weighted by molar-refractivity contribution is 7.98. The Hall–Kier alpha value is -2.07. The van der Waals surface area contributed by atoms with E-state index < -0.39 is 0 Å². The lowest BCUT2D eigenvalue weighted by Gasteiger charge is -2.13. The molecule has 2 aromatic rings. The number of benzene rings is 2. The van der Waals surface area contributed by atoms with Crippen LogP contribution in [0.2, 0.25) is 0 Å². The molecule has 0 aromatic heterocycles. The topological polar surface area (TPSA) is 43.4 Å². The fourth-order valence-corrected chi connectivity index (χ4v) is 3.04. The second-order valence-corrected chi connectivity index (χ2v) is 5.62. The Bertz CT molecular complexity index is 651. The van der Waals surface area contributed by atoms with E-state index in [1.807, 2.05) is 37.3 Å². The molecule has 0 saturated carbocycles. The molecule has 0 unspecified atom stereocenters. The molecule has 0 spiro atoms. The Morgan fingerprint density at radius 1 is 1.19 bits per heavy atom. The van der Waals surface area contributed by atoms with E-state index in [2.05, 4.69) is 0 Å². The summed E-state index contributed by atoms with van der Waals surface area (Å²) in [4.78, 5) is 23.5. The van der Waals surface area contributed by atoms with Crippen LogP contribution in [0.3, 0.4) is 0 Å². The molecule has 108 valence electrons. The van der Waals surface area contributed by atoms with Crippen LogP contribution in [-0.4, -0.2) is 12.3 Å². The molecule has 0 aliphatic rings. The van der Waals surface area contributed by atoms with Crippen molar-refractivity contribution in [3.05, 3.63) is 59.2 Å². The Morgan fingerprint density at radius 3 is 2.52 bits per heavy atom. The van der Waals surface area contributed by atoms with Crippen molar-refractivity contribution in [3.63, 3.8) is 0 Å². The average Bonchev–Trinajstić information content (AvgIpc) is 2.48. The first kappa shape index (κ1) is 15.3. The summed E-state index contributed by atoms with van der Waals surface area (Å²) in [6.07, 6.45) is 0.839. The fraction of sp³-hybridized carbons (Fsp3) is 0.176. The molecule has 0 fully saturated rings. The summed E-state index contributed by atoms with van der Waals surface area (Å²) >= 11 is 1.65. The van der Waals surface area contributed by atoms with E-state index in [9.17, 15) is 9.59 Å². The first-order valence-electron chi connectivity index (χ1n) is 6.55. The minimum atomic E-state index is -0.362. The van der Waals surface area contributed by atoms with Crippen molar-refractivity contribution in [1.29, 1.82) is 0 Å². The van der Waals surface area contributed by atoms with Gasteiger partial charge in [-0.05, 0) is 42.3 Å². The van der Waals surface area contributed by atoms with Crippen LogP contribution in [0.25, 0.3) is 0 Å². The number of esters is 1. The maximum Gasteiger partial charge on any atom is 0.308 e. The summed E-state index contributed by atoms with van der Waals surface area (Å²) in [6, 6.07) is 13.3. The number of rotatable bonds is 5. The van der Waals surface area contributed by atoms with Gasteiger partial charge in [0.15, 0.2) is 0 Å². The first-order valence-corrected chi connectivity index (χ1v) is 7.54. The van der Waals surface area contributed by atoms with E-state index in [4.69, 9.17) is 4.74 Å².